The Balaban J connectivity index is 0.722. The van der Waals surface area contributed by atoms with Gasteiger partial charge in [0.1, 0.15) is 72.1 Å². The van der Waals surface area contributed by atoms with Crippen LogP contribution in [0.25, 0.3) is 0 Å². The Morgan fingerprint density at radius 3 is 2.18 bits per heavy atom. The van der Waals surface area contributed by atoms with Crippen molar-refractivity contribution in [3.8, 4) is 35.2 Å². The number of ketones is 5. The number of fused-ring (bicyclic) bond motifs is 2. The van der Waals surface area contributed by atoms with Crippen LogP contribution in [0.4, 0.5) is 10.5 Å². The normalized spacial score (nSPS) is 27.6. The molecule has 17 unspecified atom stereocenters. The number of alkyl carbamates (subject to hydrolysis) is 1. The lowest BCUT2D eigenvalue weighted by molar-refractivity contribution is -0.335. The first-order chi connectivity index (χ1) is 64.8. The fourth-order valence-electron chi connectivity index (χ4n) is 17.2. The molecule has 742 valence electrons. The van der Waals surface area contributed by atoms with Gasteiger partial charge in [-0.2, -0.15) is 5.48 Å². The highest BCUT2D eigenvalue weighted by Crippen LogP contribution is 2.47. The molecule has 5 heterocycles. The molecule has 4 fully saturated rings. The van der Waals surface area contributed by atoms with Gasteiger partial charge in [-0.3, -0.25) is 52.9 Å². The second-order valence-electron chi connectivity index (χ2n) is 36.1. The fourth-order valence-corrected chi connectivity index (χ4v) is 21.6. The van der Waals surface area contributed by atoms with Crippen LogP contribution in [0.1, 0.15) is 197 Å². The summed E-state index contributed by atoms with van der Waals surface area (Å²) in [6.45, 7) is 18.0. The Hall–Kier alpha value is -8.11. The van der Waals surface area contributed by atoms with Gasteiger partial charge in [-0.15, -0.1) is 0 Å². The summed E-state index contributed by atoms with van der Waals surface area (Å²) in [6.07, 6.45) is -6.39. The zero-order chi connectivity index (χ0) is 98.8. The van der Waals surface area contributed by atoms with Gasteiger partial charge < -0.3 is 99.4 Å². The van der Waals surface area contributed by atoms with Gasteiger partial charge in [0.2, 0.25) is 23.2 Å². The van der Waals surface area contributed by atoms with Crippen molar-refractivity contribution in [1.82, 2.24) is 21.0 Å². The van der Waals surface area contributed by atoms with Crippen LogP contribution >= 0.6 is 55.9 Å². The molecule has 0 aromatic heterocycles. The molecule has 33 nitrogen and oxygen atoms in total. The molecule has 21 atom stereocenters. The number of hydrogen-bond donors (Lipinski definition) is 10. The number of methoxy groups -OCH3 is 2. The molecule has 5 amide bonds. The lowest BCUT2D eigenvalue weighted by Gasteiger charge is -2.46. The molecular weight excluding hydrogens is 1930 g/mol. The summed E-state index contributed by atoms with van der Waals surface area (Å²) in [5.41, 5.74) is 9.84. The maximum Gasteiger partial charge on any atom is 0.407 e. The topological polar surface area (TPSA) is 468 Å². The molecule has 10 rings (SSSR count). The number of allylic oxidation sites excluding steroid dienone is 3. The summed E-state index contributed by atoms with van der Waals surface area (Å²) >= 11 is 2.89. The Bertz CT molecular complexity index is 4960. The standard InChI is InChI=1S/C99H129IN6O27S3/c1-55-46-79(125-54-66(55)47-56(2)107)131-91-86(117)84(105-133-80-51-73(111)92(62(8)127-80)135-94(120)81-58(4)83(100)89(59(5)88(81)123-11)132-95-87(118)90(124-12)85(116)61(7)129-95)60(6)128-96(91)130-75-30-19-13-14-22-40-99(122)52-74(112)69(48-57(3)108)82(75)70(99)39-45-134-136-98(9,10)41-38-68(109)29-25-43-102-97(121)126-53-64-32-34-67(35-33-64)103-93(119)65(28-21-23-42-101)50-72(110)71(49-63-26-17-15-18-27-63)104-76(113)31-20-16-24-44-106-77(114)36-37-78(106)115/h13-15,17-18,26-27,32-37,39,55,60-62,65-66,71,73,75,79-80,84-87,90-92,95-96,105,111,116-118,122H,16,20-21,23-25,28-29,31,38,41-54,101H2,1-12H3,(H,102,121)(H,103,119)(H,104,113)/b14-13-,70-39-/t55?,60?,61?,62?,65-,66?,71+,73?,75+,79?,80?,84?,85?,86?,87?,90?,91?,92?,95?,96?,99+/m1/s1. The van der Waals surface area contributed by atoms with Crippen LogP contribution in [-0.4, -0.2) is 254 Å². The number of carbonyl (C=O) groups excluding carboxylic acids is 11. The predicted octanol–water partition coefficient (Wildman–Crippen LogP) is 9.81. The van der Waals surface area contributed by atoms with Crippen molar-refractivity contribution in [3.63, 3.8) is 0 Å². The number of unbranched alkanes of at least 4 members (excludes halogenated alkanes) is 3. The first-order valence-corrected chi connectivity index (χ1v) is 50.5. The SMILES string of the molecule is COc1c(C)c(OC2OC(C)C(O)C(OC)C2O)c(I)c(C)c1C(=O)SC1C(O)CC(ONC2C(C)OC(O[C@H]3C#C/C=C\C#C[C@]4(O)CC(=O)C(CC(C)=O)=C3/C4=C/CSSC(C)(C)CCC(=O)CCCNC(=O)OCc3ccc(NC(=O)[C@H](CCCCN)CC(=O)[C@H](Cc4ccccc4)NC(=O)CCCCCN4C(=O)C=CC4=O)cc3)C(OC3CC(C)C(CC(C)=O)CO3)C2O)OC1C. The van der Waals surface area contributed by atoms with Gasteiger partial charge in [0, 0.05) is 128 Å². The van der Waals surface area contributed by atoms with Crippen molar-refractivity contribution in [2.45, 2.75) is 305 Å². The van der Waals surface area contributed by atoms with Crippen molar-refractivity contribution < 1.29 is 130 Å². The maximum absolute atomic E-state index is 14.6. The van der Waals surface area contributed by atoms with Crippen molar-refractivity contribution in [1.29, 1.82) is 0 Å². The second-order valence-corrected chi connectivity index (χ2v) is 41.4. The number of carbonyl (C=O) groups is 11. The number of nitrogens with two attached hydrogens (primary N) is 1. The number of nitrogens with zero attached hydrogens (tertiary/aromatic N) is 1. The smallest absolute Gasteiger partial charge is 0.407 e. The summed E-state index contributed by atoms with van der Waals surface area (Å²) in [5, 5.41) is 66.4. The van der Waals surface area contributed by atoms with Crippen LogP contribution in [0.3, 0.4) is 0 Å². The molecule has 0 radical (unpaired) electrons. The number of hydrogen-bond acceptors (Lipinski definition) is 32. The zero-order valence-electron chi connectivity index (χ0n) is 78.9. The summed E-state index contributed by atoms with van der Waals surface area (Å²) in [7, 11) is 5.66. The number of halogens is 1. The molecule has 3 aromatic carbocycles. The lowest BCUT2D eigenvalue weighted by atomic mass is 9.72. The number of hydroxylamine groups is 1. The summed E-state index contributed by atoms with van der Waals surface area (Å²) in [4.78, 5) is 154. The molecule has 37 heteroatoms. The zero-order valence-corrected chi connectivity index (χ0v) is 83.6. The minimum atomic E-state index is -2.14. The summed E-state index contributed by atoms with van der Waals surface area (Å²) in [6, 6.07) is 13.9. The molecule has 11 N–H and O–H groups in total. The number of thioether (sulfide) groups is 1. The highest BCUT2D eigenvalue weighted by atomic mass is 127. The van der Waals surface area contributed by atoms with Gasteiger partial charge in [0.25, 0.3) is 11.8 Å². The maximum atomic E-state index is 14.6. The molecule has 4 saturated heterocycles. The van der Waals surface area contributed by atoms with E-state index in [0.29, 0.717) is 83.9 Å². The number of imide groups is 1. The van der Waals surface area contributed by atoms with Crippen LogP contribution < -0.4 is 36.6 Å². The summed E-state index contributed by atoms with van der Waals surface area (Å²) in [5.74, 6) is 8.67. The van der Waals surface area contributed by atoms with Crippen LogP contribution in [0, 0.1) is 58.9 Å². The quantitative estimate of drug-likeness (QED) is 0.00627. The van der Waals surface area contributed by atoms with Gasteiger partial charge >= 0.3 is 6.09 Å². The lowest BCUT2D eigenvalue weighted by Crippen LogP contribution is -2.64. The Morgan fingerprint density at radius 1 is 0.772 bits per heavy atom. The Kier molecular flexibility index (Phi) is 42.3. The molecule has 3 aromatic rings. The second kappa shape index (κ2) is 52.4. The molecule has 136 heavy (non-hydrogen) atoms. The first kappa shape index (κ1) is 110. The number of aliphatic hydroxyl groups excluding tert-OH is 4. The Labute approximate surface area is 820 Å². The third-order valence-electron chi connectivity index (χ3n) is 25.0. The number of anilines is 1. The van der Waals surface area contributed by atoms with E-state index in [0.717, 1.165) is 22.2 Å². The van der Waals surface area contributed by atoms with Crippen LogP contribution in [-0.2, 0) is 98.9 Å². The van der Waals surface area contributed by atoms with Crippen LogP contribution in [0.15, 0.2) is 102 Å². The predicted molar refractivity (Wildman–Crippen MR) is 517 cm³/mol. The van der Waals surface area contributed by atoms with Gasteiger partial charge in [0.05, 0.1) is 71.0 Å². The van der Waals surface area contributed by atoms with E-state index in [2.05, 4.69) is 45.1 Å². The number of nitrogens with one attached hydrogen (secondary N) is 4. The molecule has 0 spiro atoms. The van der Waals surface area contributed by atoms with Crippen molar-refractivity contribution >= 4 is 125 Å². The summed E-state index contributed by atoms with van der Waals surface area (Å²) < 4.78 is 61.8. The molecule has 7 aliphatic rings. The van der Waals surface area contributed by atoms with E-state index in [-0.39, 0.29) is 182 Å². The molecule has 2 aliphatic carbocycles. The number of ether oxygens (including phenoxy) is 10. The molecule has 5 aliphatic heterocycles. The minimum Gasteiger partial charge on any atom is -0.496 e. The average molecular weight is 2060 g/mol. The molecule has 0 saturated carbocycles. The number of rotatable bonds is 48. The van der Waals surface area contributed by atoms with Crippen LogP contribution in [0.2, 0.25) is 0 Å². The van der Waals surface area contributed by atoms with E-state index in [1.54, 1.807) is 65.0 Å². The largest absolute Gasteiger partial charge is 0.496 e. The number of Topliss-reactive ketones (excluding diaryl/α,β-unsaturated/α-hetero) is 5. The van der Waals surface area contributed by atoms with Crippen molar-refractivity contribution in [3.05, 3.63) is 133 Å². The van der Waals surface area contributed by atoms with Gasteiger partial charge in [0.15, 0.2) is 36.0 Å². The Morgan fingerprint density at radius 2 is 1.49 bits per heavy atom. The minimum absolute atomic E-state index is 0.0150. The van der Waals surface area contributed by atoms with Gasteiger partial charge in [-0.25, -0.2) is 4.79 Å². The van der Waals surface area contributed by atoms with Gasteiger partial charge in [-0.05, 0) is 189 Å². The fraction of sp³-hybridized carbons (Fsp3) is 0.586. The third kappa shape index (κ3) is 30.7. The molecule has 2 bridgehead atoms. The highest BCUT2D eigenvalue weighted by molar-refractivity contribution is 14.1. The third-order valence-corrected chi connectivity index (χ3v) is 30.8. The number of aliphatic hydroxyl groups is 5. The highest BCUT2D eigenvalue weighted by Gasteiger charge is 2.52. The van der Waals surface area contributed by atoms with Crippen molar-refractivity contribution in [2.24, 2.45) is 23.5 Å². The average Bonchev–Trinajstić information content (AvgIpc) is 0.922. The molecular formula is C99H129IN6O27S3. The van der Waals surface area contributed by atoms with Gasteiger partial charge in [-0.1, -0.05) is 125 Å². The van der Waals surface area contributed by atoms with E-state index in [9.17, 15) is 78.3 Å². The monoisotopic (exact) mass is 2060 g/mol. The van der Waals surface area contributed by atoms with E-state index in [1.807, 2.05) is 73.7 Å². The van der Waals surface area contributed by atoms with E-state index in [1.165, 1.54) is 74.0 Å². The van der Waals surface area contributed by atoms with Crippen LogP contribution in [0.5, 0.6) is 11.5 Å². The number of amides is 5. The van der Waals surface area contributed by atoms with Crippen molar-refractivity contribution in [2.75, 3.05) is 51.5 Å². The first-order valence-electron chi connectivity index (χ1n) is 46.2. The van der Waals surface area contributed by atoms with E-state index >= 15 is 0 Å². The number of benzene rings is 3. The van der Waals surface area contributed by atoms with E-state index in [4.69, 9.17) is 57.9 Å². The van der Waals surface area contributed by atoms with E-state index < -0.39 is 143 Å².